The molecule has 9 unspecified atom stereocenters. The van der Waals surface area contributed by atoms with Crippen LogP contribution in [0.15, 0.2) is 32.6 Å². The van der Waals surface area contributed by atoms with Crippen molar-refractivity contribution in [2.75, 3.05) is 6.54 Å². The van der Waals surface area contributed by atoms with E-state index in [4.69, 9.17) is 20.6 Å². The first kappa shape index (κ1) is 34.9. The minimum Gasteiger partial charge on any atom is -0.480 e. The lowest BCUT2D eigenvalue weighted by Crippen LogP contribution is -2.67. The molecule has 1 heterocycles. The Bertz CT molecular complexity index is 1420. The SMILES string of the molecule is CC12CCC(OC(=O)CCC(=O)NC(CCCN=C(N)N)C(=O)O)CC1(O)CCC1C2CCC2(C)C(c3ccc(=O)oc3)CCC12O. The van der Waals surface area contributed by atoms with Gasteiger partial charge in [-0.15, -0.1) is 0 Å². The third kappa shape index (κ3) is 6.53. The highest BCUT2D eigenvalue weighted by Gasteiger charge is 2.70. The number of rotatable bonds is 11. The lowest BCUT2D eigenvalue weighted by molar-refractivity contribution is -0.255. The zero-order chi connectivity index (χ0) is 34.2. The summed E-state index contributed by atoms with van der Waals surface area (Å²) in [6.07, 6.45) is 6.87. The van der Waals surface area contributed by atoms with Crippen LogP contribution < -0.4 is 22.4 Å². The van der Waals surface area contributed by atoms with Gasteiger partial charge in [-0.1, -0.05) is 13.8 Å². The summed E-state index contributed by atoms with van der Waals surface area (Å²) in [4.78, 5) is 52.1. The summed E-state index contributed by atoms with van der Waals surface area (Å²) in [5, 5.41) is 36.5. The first-order chi connectivity index (χ1) is 22.1. The van der Waals surface area contributed by atoms with Crippen molar-refractivity contribution < 1.29 is 38.9 Å². The van der Waals surface area contributed by atoms with Crippen LogP contribution in [-0.4, -0.2) is 69.0 Å². The summed E-state index contributed by atoms with van der Waals surface area (Å²) in [5.41, 5.74) is 8.30. The molecule has 1 amide bonds. The maximum absolute atomic E-state index is 12.8. The molecule has 9 atom stereocenters. The fourth-order valence-electron chi connectivity index (χ4n) is 9.87. The van der Waals surface area contributed by atoms with E-state index in [0.29, 0.717) is 44.9 Å². The van der Waals surface area contributed by atoms with Gasteiger partial charge < -0.3 is 41.3 Å². The number of ether oxygens (including phenoxy) is 1. The van der Waals surface area contributed by atoms with E-state index < -0.39 is 46.6 Å². The minimum absolute atomic E-state index is 0.0195. The van der Waals surface area contributed by atoms with Gasteiger partial charge in [-0.05, 0) is 99.0 Å². The minimum atomic E-state index is -1.19. The Balaban J connectivity index is 1.16. The fraction of sp³-hybridized carbons (Fsp3) is 0.735. The summed E-state index contributed by atoms with van der Waals surface area (Å²) in [7, 11) is 0. The number of aliphatic imine (C=N–C) groups is 1. The van der Waals surface area contributed by atoms with E-state index in [-0.39, 0.29) is 60.6 Å². The quantitative estimate of drug-likeness (QED) is 0.0875. The molecule has 0 spiro atoms. The second-order valence-corrected chi connectivity index (χ2v) is 14.8. The number of nitrogens with zero attached hydrogens (tertiary/aromatic N) is 1. The summed E-state index contributed by atoms with van der Waals surface area (Å²) in [5.74, 6) is -2.22. The standard InChI is InChI=1S/C34H50N4O9/c1-31-13-9-21(47-28(41)8-6-26(39)38-25(29(42)43)4-3-17-37-30(35)36)18-33(31,44)15-11-24-23(31)10-14-32(2)22(12-16-34(24,32)45)20-5-7-27(40)46-19-20/h5,7,19,21-25,44-45H,3-4,6,8-18H2,1-2H3,(H,38,39)(H,42,43)(H4,35,36,37). The third-order valence-electron chi connectivity index (χ3n) is 12.5. The first-order valence-electron chi connectivity index (χ1n) is 16.9. The largest absolute Gasteiger partial charge is 0.480 e. The summed E-state index contributed by atoms with van der Waals surface area (Å²) >= 11 is 0. The molecule has 47 heavy (non-hydrogen) atoms. The smallest absolute Gasteiger partial charge is 0.335 e. The summed E-state index contributed by atoms with van der Waals surface area (Å²) in [6, 6.07) is 2.14. The molecular weight excluding hydrogens is 608 g/mol. The molecule has 5 rings (SSSR count). The number of carboxylic acids is 1. The van der Waals surface area contributed by atoms with Crippen molar-refractivity contribution in [1.29, 1.82) is 0 Å². The number of aliphatic carboxylic acids is 1. The van der Waals surface area contributed by atoms with Crippen molar-refractivity contribution in [1.82, 2.24) is 5.32 Å². The number of esters is 1. The van der Waals surface area contributed by atoms with Crippen molar-refractivity contribution >= 4 is 23.8 Å². The summed E-state index contributed by atoms with van der Waals surface area (Å²) in [6.45, 7) is 4.54. The van der Waals surface area contributed by atoms with E-state index in [1.165, 1.54) is 12.3 Å². The Labute approximate surface area is 274 Å². The molecule has 4 fully saturated rings. The Kier molecular flexibility index (Phi) is 9.81. The van der Waals surface area contributed by atoms with Gasteiger partial charge in [0, 0.05) is 30.9 Å². The van der Waals surface area contributed by atoms with Crippen LogP contribution in [-0.2, 0) is 19.1 Å². The molecule has 0 aliphatic heterocycles. The average Bonchev–Trinajstić information content (AvgIpc) is 3.29. The predicted molar refractivity (Wildman–Crippen MR) is 171 cm³/mol. The molecule has 8 N–H and O–H groups in total. The molecule has 4 saturated carbocycles. The van der Waals surface area contributed by atoms with E-state index in [9.17, 15) is 34.5 Å². The van der Waals surface area contributed by atoms with Gasteiger partial charge in [0.15, 0.2) is 5.96 Å². The molecule has 4 aliphatic carbocycles. The van der Waals surface area contributed by atoms with E-state index in [1.54, 1.807) is 0 Å². The van der Waals surface area contributed by atoms with Gasteiger partial charge >= 0.3 is 17.6 Å². The highest BCUT2D eigenvalue weighted by atomic mass is 16.5. The van der Waals surface area contributed by atoms with Crippen molar-refractivity contribution in [3.05, 3.63) is 34.4 Å². The van der Waals surface area contributed by atoms with E-state index in [1.807, 2.05) is 6.07 Å². The molecule has 0 bridgehead atoms. The van der Waals surface area contributed by atoms with Gasteiger partial charge in [0.2, 0.25) is 5.91 Å². The molecule has 0 radical (unpaired) electrons. The Hall–Kier alpha value is -3.45. The number of carboxylic acid groups (broad SMARTS) is 1. The Morgan fingerprint density at radius 3 is 2.43 bits per heavy atom. The number of hydrogen-bond donors (Lipinski definition) is 6. The lowest BCUT2D eigenvalue weighted by atomic mass is 9.42. The monoisotopic (exact) mass is 658 g/mol. The van der Waals surface area contributed by atoms with Crippen LogP contribution in [0.1, 0.15) is 109 Å². The fourth-order valence-corrected chi connectivity index (χ4v) is 9.87. The van der Waals surface area contributed by atoms with Gasteiger partial charge in [0.1, 0.15) is 12.1 Å². The van der Waals surface area contributed by atoms with Gasteiger partial charge in [-0.25, -0.2) is 9.59 Å². The highest BCUT2D eigenvalue weighted by Crippen LogP contribution is 2.71. The molecule has 13 nitrogen and oxygen atoms in total. The zero-order valence-electron chi connectivity index (χ0n) is 27.4. The number of nitrogens with one attached hydrogen (secondary N) is 1. The normalized spacial score (nSPS) is 36.6. The van der Waals surface area contributed by atoms with Crippen LogP contribution in [0.4, 0.5) is 0 Å². The number of carbonyl (C=O) groups is 3. The van der Waals surface area contributed by atoms with Crippen molar-refractivity contribution in [2.24, 2.45) is 39.1 Å². The number of amides is 1. The second kappa shape index (κ2) is 13.2. The van der Waals surface area contributed by atoms with Crippen molar-refractivity contribution in [3.8, 4) is 0 Å². The van der Waals surface area contributed by atoms with Gasteiger partial charge in [-0.2, -0.15) is 0 Å². The van der Waals surface area contributed by atoms with Crippen molar-refractivity contribution in [2.45, 2.75) is 127 Å². The number of carbonyl (C=O) groups excluding carboxylic acids is 2. The van der Waals surface area contributed by atoms with Crippen LogP contribution in [0.5, 0.6) is 0 Å². The Morgan fingerprint density at radius 2 is 1.74 bits per heavy atom. The molecule has 0 aromatic carbocycles. The molecule has 13 heteroatoms. The molecule has 260 valence electrons. The molecule has 0 saturated heterocycles. The lowest BCUT2D eigenvalue weighted by Gasteiger charge is -2.66. The maximum Gasteiger partial charge on any atom is 0.335 e. The molecular formula is C34H50N4O9. The van der Waals surface area contributed by atoms with Crippen LogP contribution in [0.2, 0.25) is 0 Å². The van der Waals surface area contributed by atoms with Crippen LogP contribution in [0.3, 0.4) is 0 Å². The van der Waals surface area contributed by atoms with Crippen LogP contribution in [0.25, 0.3) is 0 Å². The molecule has 1 aromatic rings. The topological polar surface area (TPSA) is 228 Å². The van der Waals surface area contributed by atoms with Gasteiger partial charge in [0.05, 0.1) is 23.9 Å². The molecule has 1 aromatic heterocycles. The summed E-state index contributed by atoms with van der Waals surface area (Å²) < 4.78 is 10.9. The van der Waals surface area contributed by atoms with Crippen molar-refractivity contribution in [3.63, 3.8) is 0 Å². The van der Waals surface area contributed by atoms with E-state index >= 15 is 0 Å². The number of nitrogens with two attached hydrogens (primary N) is 2. The number of aliphatic hydroxyl groups is 2. The second-order valence-electron chi connectivity index (χ2n) is 14.8. The molecule has 4 aliphatic rings. The number of fused-ring (bicyclic) bond motifs is 5. The number of hydrogen-bond acceptors (Lipinski definition) is 9. The number of guanidine groups is 1. The zero-order valence-corrected chi connectivity index (χ0v) is 27.4. The average molecular weight is 659 g/mol. The van der Waals surface area contributed by atoms with Crippen LogP contribution >= 0.6 is 0 Å². The van der Waals surface area contributed by atoms with Gasteiger partial charge in [-0.3, -0.25) is 14.6 Å². The Morgan fingerprint density at radius 1 is 1.02 bits per heavy atom. The predicted octanol–water partition coefficient (Wildman–Crippen LogP) is 2.31. The van der Waals surface area contributed by atoms with Crippen LogP contribution in [0, 0.1) is 22.7 Å². The van der Waals surface area contributed by atoms with Gasteiger partial charge in [0.25, 0.3) is 0 Å². The van der Waals surface area contributed by atoms with E-state index in [0.717, 1.165) is 24.8 Å². The maximum atomic E-state index is 12.8. The van der Waals surface area contributed by atoms with E-state index in [2.05, 4.69) is 24.2 Å². The third-order valence-corrected chi connectivity index (χ3v) is 12.5. The first-order valence-corrected chi connectivity index (χ1v) is 16.9. The highest BCUT2D eigenvalue weighted by molar-refractivity contribution is 5.85.